The molecular formula is C23H16FN3O. The molecule has 0 unspecified atom stereocenters. The van der Waals surface area contributed by atoms with Crippen LogP contribution >= 0.6 is 0 Å². The highest BCUT2D eigenvalue weighted by molar-refractivity contribution is 6.00. The lowest BCUT2D eigenvalue weighted by Gasteiger charge is -2.12. The summed E-state index contributed by atoms with van der Waals surface area (Å²) >= 11 is 0. The van der Waals surface area contributed by atoms with Crippen LogP contribution < -0.4 is 4.74 Å². The normalized spacial score (nSPS) is 11.2. The van der Waals surface area contributed by atoms with E-state index in [0.29, 0.717) is 6.61 Å². The molecule has 28 heavy (non-hydrogen) atoms. The van der Waals surface area contributed by atoms with Gasteiger partial charge >= 0.3 is 0 Å². The SMILES string of the molecule is Fc1ccc(-c2ncc3c4ccccc4c(OCc4ccccn4)cn23)cc1. The topological polar surface area (TPSA) is 39.4 Å². The van der Waals surface area contributed by atoms with Crippen LogP contribution in [0.15, 0.2) is 85.3 Å². The summed E-state index contributed by atoms with van der Waals surface area (Å²) in [7, 11) is 0. The molecule has 0 radical (unpaired) electrons. The summed E-state index contributed by atoms with van der Waals surface area (Å²) in [6, 6.07) is 20.2. The van der Waals surface area contributed by atoms with Crippen molar-refractivity contribution in [2.75, 3.05) is 0 Å². The highest BCUT2D eigenvalue weighted by Gasteiger charge is 2.13. The van der Waals surface area contributed by atoms with Crippen molar-refractivity contribution in [2.45, 2.75) is 6.61 Å². The molecule has 136 valence electrons. The summed E-state index contributed by atoms with van der Waals surface area (Å²) < 4.78 is 21.4. The van der Waals surface area contributed by atoms with Crippen molar-refractivity contribution in [1.29, 1.82) is 0 Å². The number of aromatic nitrogens is 3. The van der Waals surface area contributed by atoms with Crippen LogP contribution in [0.2, 0.25) is 0 Å². The molecule has 0 N–H and O–H groups in total. The van der Waals surface area contributed by atoms with E-state index in [2.05, 4.69) is 16.0 Å². The average molecular weight is 369 g/mol. The van der Waals surface area contributed by atoms with Crippen LogP contribution in [0.3, 0.4) is 0 Å². The summed E-state index contributed by atoms with van der Waals surface area (Å²) in [5.74, 6) is 1.22. The van der Waals surface area contributed by atoms with Crippen molar-refractivity contribution in [2.24, 2.45) is 0 Å². The Kier molecular flexibility index (Phi) is 3.98. The zero-order valence-corrected chi connectivity index (χ0v) is 14.9. The van der Waals surface area contributed by atoms with Crippen molar-refractivity contribution >= 4 is 16.3 Å². The molecule has 0 aliphatic rings. The lowest BCUT2D eigenvalue weighted by Crippen LogP contribution is -2.00. The maximum absolute atomic E-state index is 13.3. The minimum Gasteiger partial charge on any atom is -0.485 e. The van der Waals surface area contributed by atoms with E-state index in [1.165, 1.54) is 12.1 Å². The zero-order valence-electron chi connectivity index (χ0n) is 14.9. The van der Waals surface area contributed by atoms with E-state index in [1.807, 2.05) is 53.2 Å². The molecule has 4 nitrogen and oxygen atoms in total. The van der Waals surface area contributed by atoms with Gasteiger partial charge in [-0.3, -0.25) is 9.38 Å². The van der Waals surface area contributed by atoms with Crippen molar-refractivity contribution in [3.8, 4) is 17.1 Å². The number of rotatable bonds is 4. The number of ether oxygens (including phenoxy) is 1. The molecule has 0 spiro atoms. The number of hydrogen-bond donors (Lipinski definition) is 0. The van der Waals surface area contributed by atoms with Crippen LogP contribution in [-0.2, 0) is 6.61 Å². The Labute approximate surface area is 160 Å². The second-order valence-corrected chi connectivity index (χ2v) is 6.49. The lowest BCUT2D eigenvalue weighted by molar-refractivity contribution is 0.303. The monoisotopic (exact) mass is 369 g/mol. The van der Waals surface area contributed by atoms with Crippen LogP contribution in [0.1, 0.15) is 5.69 Å². The van der Waals surface area contributed by atoms with Crippen LogP contribution in [0.4, 0.5) is 4.39 Å². The third-order valence-corrected chi connectivity index (χ3v) is 4.72. The van der Waals surface area contributed by atoms with Gasteiger partial charge in [-0.15, -0.1) is 0 Å². The first kappa shape index (κ1) is 16.4. The molecule has 0 bridgehead atoms. The molecule has 3 aromatic heterocycles. The molecule has 2 aromatic carbocycles. The first-order valence-electron chi connectivity index (χ1n) is 8.97. The van der Waals surface area contributed by atoms with Gasteiger partial charge in [0.2, 0.25) is 0 Å². The minimum absolute atomic E-state index is 0.269. The molecule has 0 atom stereocenters. The van der Waals surface area contributed by atoms with Crippen molar-refractivity contribution in [1.82, 2.24) is 14.4 Å². The predicted molar refractivity (Wildman–Crippen MR) is 107 cm³/mol. The molecule has 0 aliphatic carbocycles. The predicted octanol–water partition coefficient (Wildman–Crippen LogP) is 5.27. The summed E-state index contributed by atoms with van der Waals surface area (Å²) in [6.45, 7) is 0.372. The molecule has 3 heterocycles. The molecule has 0 saturated heterocycles. The first-order valence-corrected chi connectivity index (χ1v) is 8.97. The maximum Gasteiger partial charge on any atom is 0.144 e. The highest BCUT2D eigenvalue weighted by Crippen LogP contribution is 2.32. The molecule has 0 saturated carbocycles. The third kappa shape index (κ3) is 2.87. The number of imidazole rings is 1. The number of halogens is 1. The fourth-order valence-electron chi connectivity index (χ4n) is 3.36. The molecule has 5 aromatic rings. The molecule has 0 aliphatic heterocycles. The Hall–Kier alpha value is -3.73. The highest BCUT2D eigenvalue weighted by atomic mass is 19.1. The van der Waals surface area contributed by atoms with Gasteiger partial charge in [0.25, 0.3) is 0 Å². The Morgan fingerprint density at radius 3 is 2.43 bits per heavy atom. The van der Waals surface area contributed by atoms with Gasteiger partial charge in [0.1, 0.15) is 24.0 Å². The lowest BCUT2D eigenvalue weighted by atomic mass is 10.1. The Balaban J connectivity index is 1.65. The van der Waals surface area contributed by atoms with Crippen LogP contribution in [0.5, 0.6) is 5.75 Å². The van der Waals surface area contributed by atoms with E-state index in [0.717, 1.165) is 39.1 Å². The summed E-state index contributed by atoms with van der Waals surface area (Å²) in [5, 5.41) is 2.05. The second kappa shape index (κ2) is 6.78. The van der Waals surface area contributed by atoms with Gasteiger partial charge in [-0.05, 0) is 36.4 Å². The van der Waals surface area contributed by atoms with Crippen LogP contribution in [0.25, 0.3) is 27.7 Å². The Morgan fingerprint density at radius 1 is 0.857 bits per heavy atom. The van der Waals surface area contributed by atoms with E-state index in [1.54, 1.807) is 18.3 Å². The summed E-state index contributed by atoms with van der Waals surface area (Å²) in [5.41, 5.74) is 2.67. The second-order valence-electron chi connectivity index (χ2n) is 6.49. The van der Waals surface area contributed by atoms with Crippen molar-refractivity contribution < 1.29 is 9.13 Å². The Bertz CT molecular complexity index is 1260. The number of fused-ring (bicyclic) bond motifs is 3. The zero-order chi connectivity index (χ0) is 18.9. The van der Waals surface area contributed by atoms with Gasteiger partial charge in [0.05, 0.1) is 23.6 Å². The molecule has 5 rings (SSSR count). The Morgan fingerprint density at radius 2 is 1.64 bits per heavy atom. The van der Waals surface area contributed by atoms with E-state index >= 15 is 0 Å². The maximum atomic E-state index is 13.3. The fraction of sp³-hybridized carbons (Fsp3) is 0.0435. The van der Waals surface area contributed by atoms with E-state index in [4.69, 9.17) is 4.74 Å². The van der Waals surface area contributed by atoms with E-state index < -0.39 is 0 Å². The third-order valence-electron chi connectivity index (χ3n) is 4.72. The summed E-state index contributed by atoms with van der Waals surface area (Å²) in [4.78, 5) is 8.90. The quantitative estimate of drug-likeness (QED) is 0.433. The number of nitrogens with zero attached hydrogens (tertiary/aromatic N) is 3. The molecule has 0 fully saturated rings. The number of benzene rings is 2. The van der Waals surface area contributed by atoms with Gasteiger partial charge in [-0.1, -0.05) is 30.3 Å². The molecule has 0 amide bonds. The average Bonchev–Trinajstić information content (AvgIpc) is 3.17. The molecular weight excluding hydrogens is 353 g/mol. The minimum atomic E-state index is -0.269. The molecule has 5 heteroatoms. The number of pyridine rings is 2. The number of hydrogen-bond acceptors (Lipinski definition) is 3. The first-order chi connectivity index (χ1) is 13.8. The largest absolute Gasteiger partial charge is 0.485 e. The van der Waals surface area contributed by atoms with Gasteiger partial charge in [0.15, 0.2) is 0 Å². The van der Waals surface area contributed by atoms with E-state index in [9.17, 15) is 4.39 Å². The van der Waals surface area contributed by atoms with Crippen LogP contribution in [-0.4, -0.2) is 14.4 Å². The fourth-order valence-corrected chi connectivity index (χ4v) is 3.36. The van der Waals surface area contributed by atoms with Gasteiger partial charge in [-0.25, -0.2) is 9.37 Å². The van der Waals surface area contributed by atoms with Gasteiger partial charge < -0.3 is 4.74 Å². The van der Waals surface area contributed by atoms with Gasteiger partial charge in [-0.2, -0.15) is 0 Å². The van der Waals surface area contributed by atoms with Crippen molar-refractivity contribution in [3.05, 3.63) is 96.8 Å². The smallest absolute Gasteiger partial charge is 0.144 e. The van der Waals surface area contributed by atoms with E-state index in [-0.39, 0.29) is 5.82 Å². The van der Waals surface area contributed by atoms with Crippen molar-refractivity contribution in [3.63, 3.8) is 0 Å². The van der Waals surface area contributed by atoms with Crippen LogP contribution in [0, 0.1) is 5.82 Å². The summed E-state index contributed by atoms with van der Waals surface area (Å²) in [6.07, 6.45) is 5.53. The standard InChI is InChI=1S/C23H16FN3O/c24-17-10-8-16(9-11-17)23-26-13-21-19-6-1-2-7-20(19)22(14-27(21)23)28-15-18-5-3-4-12-25-18/h1-14H,15H2. The van der Waals surface area contributed by atoms with Gasteiger partial charge in [0, 0.05) is 22.5 Å².